The first-order valence-corrected chi connectivity index (χ1v) is 8.56. The van der Waals surface area contributed by atoms with Gasteiger partial charge < -0.3 is 15.4 Å². The van der Waals surface area contributed by atoms with E-state index in [9.17, 15) is 9.59 Å². The van der Waals surface area contributed by atoms with Crippen LogP contribution in [-0.4, -0.2) is 32.0 Å². The summed E-state index contributed by atoms with van der Waals surface area (Å²) in [5.74, 6) is -0.346. The molecule has 0 aromatic heterocycles. The summed E-state index contributed by atoms with van der Waals surface area (Å²) in [5, 5.41) is 5.34. The molecule has 1 aliphatic rings. The van der Waals surface area contributed by atoms with Crippen molar-refractivity contribution in [3.05, 3.63) is 41.5 Å². The van der Waals surface area contributed by atoms with Crippen LogP contribution in [0.2, 0.25) is 0 Å². The molecule has 0 saturated heterocycles. The number of benzene rings is 1. The van der Waals surface area contributed by atoms with Crippen LogP contribution in [0.4, 0.5) is 0 Å². The van der Waals surface area contributed by atoms with Crippen molar-refractivity contribution in [2.45, 2.75) is 38.5 Å². The molecule has 0 aliphatic heterocycles. The number of nitrogens with one attached hydrogen (secondary N) is 2. The lowest BCUT2D eigenvalue weighted by Gasteiger charge is -2.12. The number of hydrogen-bond donors (Lipinski definition) is 2. The van der Waals surface area contributed by atoms with Gasteiger partial charge in [0.2, 0.25) is 0 Å². The van der Waals surface area contributed by atoms with E-state index in [1.54, 1.807) is 7.11 Å². The van der Waals surface area contributed by atoms with Crippen molar-refractivity contribution < 1.29 is 14.3 Å². The molecule has 2 N–H and O–H groups in total. The molecule has 1 aliphatic carbocycles. The van der Waals surface area contributed by atoms with Gasteiger partial charge in [0, 0.05) is 13.1 Å². The molecule has 5 heteroatoms. The Morgan fingerprint density at radius 1 is 1.08 bits per heavy atom. The van der Waals surface area contributed by atoms with E-state index in [1.807, 2.05) is 24.3 Å². The molecule has 24 heavy (non-hydrogen) atoms. The van der Waals surface area contributed by atoms with E-state index in [1.165, 1.54) is 18.4 Å². The molecule has 5 nitrogen and oxygen atoms in total. The fourth-order valence-electron chi connectivity index (χ4n) is 2.78. The van der Waals surface area contributed by atoms with Gasteiger partial charge in [-0.25, -0.2) is 0 Å². The van der Waals surface area contributed by atoms with Crippen molar-refractivity contribution in [1.29, 1.82) is 0 Å². The highest BCUT2D eigenvalue weighted by Gasteiger charge is 2.12. The average Bonchev–Trinajstić information content (AvgIpc) is 2.62. The summed E-state index contributed by atoms with van der Waals surface area (Å²) in [5.41, 5.74) is 2.44. The van der Waals surface area contributed by atoms with Crippen LogP contribution >= 0.6 is 0 Å². The summed E-state index contributed by atoms with van der Waals surface area (Å²) in [4.78, 5) is 23.5. The molecular formula is C19H26N2O3. The summed E-state index contributed by atoms with van der Waals surface area (Å²) >= 11 is 0. The monoisotopic (exact) mass is 330 g/mol. The zero-order chi connectivity index (χ0) is 17.2. The third kappa shape index (κ3) is 6.07. The number of ether oxygens (including phenoxy) is 1. The summed E-state index contributed by atoms with van der Waals surface area (Å²) in [6, 6.07) is 7.66. The normalized spacial score (nSPS) is 13.8. The van der Waals surface area contributed by atoms with E-state index >= 15 is 0 Å². The summed E-state index contributed by atoms with van der Waals surface area (Å²) < 4.78 is 5.16. The van der Waals surface area contributed by atoms with Crippen molar-refractivity contribution in [3.63, 3.8) is 0 Å². The van der Waals surface area contributed by atoms with Crippen molar-refractivity contribution in [2.24, 2.45) is 0 Å². The highest BCUT2D eigenvalue weighted by Crippen LogP contribution is 2.19. The van der Waals surface area contributed by atoms with Crippen LogP contribution in [0.25, 0.3) is 0 Å². The lowest BCUT2D eigenvalue weighted by molar-refractivity contribution is -0.139. The van der Waals surface area contributed by atoms with E-state index in [0.29, 0.717) is 19.5 Å². The Kier molecular flexibility index (Phi) is 7.33. The molecule has 1 aromatic carbocycles. The Morgan fingerprint density at radius 2 is 1.83 bits per heavy atom. The number of rotatable bonds is 7. The Hall–Kier alpha value is -2.30. The lowest BCUT2D eigenvalue weighted by atomic mass is 9.97. The van der Waals surface area contributed by atoms with Crippen LogP contribution in [0.3, 0.4) is 0 Å². The average molecular weight is 330 g/mol. The molecule has 0 heterocycles. The van der Waals surface area contributed by atoms with E-state index in [2.05, 4.69) is 16.7 Å². The molecular weight excluding hydrogens is 304 g/mol. The fraction of sp³-hybridized carbons (Fsp3) is 0.474. The molecule has 0 saturated carbocycles. The second-order valence-electron chi connectivity index (χ2n) is 5.97. The molecule has 1 aromatic rings. The molecule has 0 fully saturated rings. The molecule has 0 unspecified atom stereocenters. The van der Waals surface area contributed by atoms with Gasteiger partial charge in [0.1, 0.15) is 5.75 Å². The number of amides is 2. The minimum absolute atomic E-state index is 0.421. The third-order valence-electron chi connectivity index (χ3n) is 4.16. The number of hydrogen-bond acceptors (Lipinski definition) is 3. The first-order valence-electron chi connectivity index (χ1n) is 8.56. The number of methoxy groups -OCH3 is 1. The van der Waals surface area contributed by atoms with Gasteiger partial charge in [-0.2, -0.15) is 0 Å². The van der Waals surface area contributed by atoms with Gasteiger partial charge in [0.15, 0.2) is 0 Å². The zero-order valence-electron chi connectivity index (χ0n) is 14.3. The Morgan fingerprint density at radius 3 is 2.50 bits per heavy atom. The molecule has 0 spiro atoms. The number of carbonyl (C=O) groups is 2. The lowest BCUT2D eigenvalue weighted by Crippen LogP contribution is -2.41. The summed E-state index contributed by atoms with van der Waals surface area (Å²) in [7, 11) is 1.62. The van der Waals surface area contributed by atoms with Crippen LogP contribution in [0.5, 0.6) is 5.75 Å². The van der Waals surface area contributed by atoms with Crippen LogP contribution in [-0.2, 0) is 16.0 Å². The predicted octanol–water partition coefficient (Wildman–Crippen LogP) is 2.36. The van der Waals surface area contributed by atoms with Gasteiger partial charge in [-0.15, -0.1) is 0 Å². The molecule has 0 radical (unpaired) electrons. The minimum atomic E-state index is -0.574. The highest BCUT2D eigenvalue weighted by molar-refractivity contribution is 6.35. The fourth-order valence-corrected chi connectivity index (χ4v) is 2.78. The molecule has 0 atom stereocenters. The standard InChI is InChI=1S/C19H26N2O3/c1-24-17-9-5-8-16(14-17)11-13-21-19(23)18(22)20-12-10-15-6-3-2-4-7-15/h5-6,8-9,14H,2-4,7,10-13H2,1H3,(H,20,22)(H,21,23). The summed E-state index contributed by atoms with van der Waals surface area (Å²) in [6.45, 7) is 0.943. The van der Waals surface area contributed by atoms with Crippen molar-refractivity contribution in [3.8, 4) is 5.75 Å². The molecule has 130 valence electrons. The van der Waals surface area contributed by atoms with Crippen LogP contribution in [0.15, 0.2) is 35.9 Å². The van der Waals surface area contributed by atoms with Crippen molar-refractivity contribution in [2.75, 3.05) is 20.2 Å². The third-order valence-corrected chi connectivity index (χ3v) is 4.16. The zero-order valence-corrected chi connectivity index (χ0v) is 14.3. The van der Waals surface area contributed by atoms with E-state index in [-0.39, 0.29) is 0 Å². The van der Waals surface area contributed by atoms with Gasteiger partial charge >= 0.3 is 11.8 Å². The first kappa shape index (κ1) is 18.0. The highest BCUT2D eigenvalue weighted by atomic mass is 16.5. The van der Waals surface area contributed by atoms with Gasteiger partial charge in [0.25, 0.3) is 0 Å². The maximum atomic E-state index is 11.8. The second kappa shape index (κ2) is 9.75. The number of allylic oxidation sites excluding steroid dienone is 1. The molecule has 2 rings (SSSR count). The quantitative estimate of drug-likeness (QED) is 0.596. The van der Waals surface area contributed by atoms with Gasteiger partial charge in [-0.1, -0.05) is 23.8 Å². The Bertz CT molecular complexity index is 596. The largest absolute Gasteiger partial charge is 0.497 e. The van der Waals surface area contributed by atoms with Crippen LogP contribution in [0.1, 0.15) is 37.7 Å². The number of carbonyl (C=O) groups excluding carboxylic acids is 2. The maximum Gasteiger partial charge on any atom is 0.309 e. The smallest absolute Gasteiger partial charge is 0.309 e. The van der Waals surface area contributed by atoms with Gasteiger partial charge in [-0.3, -0.25) is 9.59 Å². The SMILES string of the molecule is COc1cccc(CCNC(=O)C(=O)NCCC2=CCCCC2)c1. The van der Waals surface area contributed by atoms with Crippen LogP contribution < -0.4 is 15.4 Å². The van der Waals surface area contributed by atoms with E-state index < -0.39 is 11.8 Å². The predicted molar refractivity (Wildman–Crippen MR) is 93.9 cm³/mol. The second-order valence-corrected chi connectivity index (χ2v) is 5.97. The summed E-state index contributed by atoms with van der Waals surface area (Å²) in [6.07, 6.45) is 8.47. The minimum Gasteiger partial charge on any atom is -0.497 e. The van der Waals surface area contributed by atoms with Crippen molar-refractivity contribution >= 4 is 11.8 Å². The van der Waals surface area contributed by atoms with Gasteiger partial charge in [0.05, 0.1) is 7.11 Å². The first-order chi connectivity index (χ1) is 11.7. The molecule has 0 bridgehead atoms. The molecule has 2 amide bonds. The van der Waals surface area contributed by atoms with Gasteiger partial charge in [-0.05, 0) is 56.2 Å². The topological polar surface area (TPSA) is 67.4 Å². The van der Waals surface area contributed by atoms with Crippen LogP contribution in [0, 0.1) is 0 Å². The van der Waals surface area contributed by atoms with E-state index in [0.717, 1.165) is 30.6 Å². The Labute approximate surface area is 143 Å². The Balaban J connectivity index is 1.64. The van der Waals surface area contributed by atoms with E-state index in [4.69, 9.17) is 4.74 Å². The maximum absolute atomic E-state index is 11.8. The van der Waals surface area contributed by atoms with Crippen molar-refractivity contribution in [1.82, 2.24) is 10.6 Å².